The van der Waals surface area contributed by atoms with Crippen LogP contribution < -0.4 is 5.56 Å². The van der Waals surface area contributed by atoms with Crippen LogP contribution in [0.5, 0.6) is 0 Å². The first-order valence-corrected chi connectivity index (χ1v) is 7.79. The number of H-pyrrole nitrogens is 1. The van der Waals surface area contributed by atoms with Gasteiger partial charge in [-0.15, -0.1) is 0 Å². The van der Waals surface area contributed by atoms with Crippen molar-refractivity contribution in [3.05, 3.63) is 75.8 Å². The molecule has 0 amide bonds. The molecule has 3 aromatic rings. The highest BCUT2D eigenvalue weighted by Gasteiger charge is 2.13. The van der Waals surface area contributed by atoms with Gasteiger partial charge in [0.2, 0.25) is 0 Å². The largest absolute Gasteiger partial charge is 0.309 e. The number of aromatic nitrogens is 2. The summed E-state index contributed by atoms with van der Waals surface area (Å²) in [6, 6.07) is 16.2. The molecule has 3 rings (SSSR count). The van der Waals surface area contributed by atoms with Crippen LogP contribution in [0.25, 0.3) is 10.9 Å². The van der Waals surface area contributed by atoms with Gasteiger partial charge in [0.1, 0.15) is 5.82 Å². The SMILES string of the molecule is Cc1ccc([C@@H](C)N(C)Cc2nc3ccccc3c(=O)[nH]2)cc1. The molecule has 0 radical (unpaired) electrons. The van der Waals surface area contributed by atoms with Gasteiger partial charge in [-0.2, -0.15) is 0 Å². The van der Waals surface area contributed by atoms with Crippen molar-refractivity contribution in [2.75, 3.05) is 7.05 Å². The van der Waals surface area contributed by atoms with Gasteiger partial charge in [0, 0.05) is 6.04 Å². The van der Waals surface area contributed by atoms with Crippen molar-refractivity contribution >= 4 is 10.9 Å². The van der Waals surface area contributed by atoms with E-state index in [4.69, 9.17) is 0 Å². The Labute approximate surface area is 135 Å². The normalized spacial score (nSPS) is 12.7. The van der Waals surface area contributed by atoms with Crippen molar-refractivity contribution < 1.29 is 0 Å². The van der Waals surface area contributed by atoms with E-state index in [0.717, 1.165) is 5.52 Å². The van der Waals surface area contributed by atoms with Gasteiger partial charge in [0.15, 0.2) is 0 Å². The molecule has 1 heterocycles. The number of aryl methyl sites for hydroxylation is 1. The van der Waals surface area contributed by atoms with Gasteiger partial charge in [-0.3, -0.25) is 9.69 Å². The Bertz CT molecular complexity index is 868. The summed E-state index contributed by atoms with van der Waals surface area (Å²) in [5.41, 5.74) is 3.16. The van der Waals surface area contributed by atoms with Gasteiger partial charge in [-0.1, -0.05) is 42.0 Å². The second kappa shape index (κ2) is 6.34. The van der Waals surface area contributed by atoms with Crippen LogP contribution >= 0.6 is 0 Å². The van der Waals surface area contributed by atoms with Gasteiger partial charge in [0.25, 0.3) is 5.56 Å². The molecule has 23 heavy (non-hydrogen) atoms. The molecule has 0 aliphatic rings. The van der Waals surface area contributed by atoms with E-state index in [-0.39, 0.29) is 11.6 Å². The standard InChI is InChI=1S/C19H21N3O/c1-13-8-10-15(11-9-13)14(2)22(3)12-18-20-17-7-5-4-6-16(17)19(23)21-18/h4-11,14H,12H2,1-3H3,(H,20,21,23)/t14-/m1/s1. The minimum atomic E-state index is -0.0815. The monoisotopic (exact) mass is 307 g/mol. The molecule has 4 heteroatoms. The van der Waals surface area contributed by atoms with Crippen molar-refractivity contribution in [2.45, 2.75) is 26.4 Å². The maximum atomic E-state index is 12.1. The Morgan fingerprint density at radius 2 is 1.83 bits per heavy atom. The zero-order chi connectivity index (χ0) is 16.4. The number of nitrogens with zero attached hydrogens (tertiary/aromatic N) is 2. The van der Waals surface area contributed by atoms with E-state index in [9.17, 15) is 4.79 Å². The molecule has 1 atom stereocenters. The minimum Gasteiger partial charge on any atom is -0.309 e. The van der Waals surface area contributed by atoms with Gasteiger partial charge in [-0.25, -0.2) is 4.98 Å². The van der Waals surface area contributed by atoms with E-state index in [1.54, 1.807) is 6.07 Å². The van der Waals surface area contributed by atoms with Crippen LogP contribution in [-0.4, -0.2) is 21.9 Å². The number of nitrogens with one attached hydrogen (secondary N) is 1. The van der Waals surface area contributed by atoms with Crippen LogP contribution in [0.2, 0.25) is 0 Å². The fourth-order valence-corrected chi connectivity index (χ4v) is 2.68. The number of benzene rings is 2. The van der Waals surface area contributed by atoms with Gasteiger partial charge in [-0.05, 0) is 38.6 Å². The highest BCUT2D eigenvalue weighted by atomic mass is 16.1. The van der Waals surface area contributed by atoms with Crippen LogP contribution in [0.1, 0.15) is 29.9 Å². The molecule has 4 nitrogen and oxygen atoms in total. The van der Waals surface area contributed by atoms with Crippen LogP contribution in [0.4, 0.5) is 0 Å². The van der Waals surface area contributed by atoms with Gasteiger partial charge < -0.3 is 4.98 Å². The summed E-state index contributed by atoms with van der Waals surface area (Å²) in [6.07, 6.45) is 0. The number of aromatic amines is 1. The minimum absolute atomic E-state index is 0.0815. The number of hydrogen-bond donors (Lipinski definition) is 1. The molecule has 1 N–H and O–H groups in total. The molecular formula is C19H21N3O. The summed E-state index contributed by atoms with van der Waals surface area (Å²) in [5.74, 6) is 0.690. The maximum absolute atomic E-state index is 12.1. The fraction of sp³-hybridized carbons (Fsp3) is 0.263. The summed E-state index contributed by atoms with van der Waals surface area (Å²) in [4.78, 5) is 21.8. The summed E-state index contributed by atoms with van der Waals surface area (Å²) < 4.78 is 0. The van der Waals surface area contributed by atoms with Crippen molar-refractivity contribution in [3.63, 3.8) is 0 Å². The van der Waals surface area contributed by atoms with E-state index in [2.05, 4.69) is 53.0 Å². The summed E-state index contributed by atoms with van der Waals surface area (Å²) >= 11 is 0. The Balaban J connectivity index is 1.83. The molecule has 118 valence electrons. The number of fused-ring (bicyclic) bond motifs is 1. The van der Waals surface area contributed by atoms with Gasteiger partial charge in [0.05, 0.1) is 17.4 Å². The molecule has 0 saturated heterocycles. The lowest BCUT2D eigenvalue weighted by atomic mass is 10.1. The molecule has 2 aromatic carbocycles. The molecule has 0 bridgehead atoms. The predicted molar refractivity (Wildman–Crippen MR) is 93.4 cm³/mol. The van der Waals surface area contributed by atoms with Crippen molar-refractivity contribution in [2.24, 2.45) is 0 Å². The molecule has 0 unspecified atom stereocenters. The van der Waals surface area contributed by atoms with Crippen molar-refractivity contribution in [1.29, 1.82) is 0 Å². The zero-order valence-electron chi connectivity index (χ0n) is 13.7. The Morgan fingerprint density at radius 1 is 1.13 bits per heavy atom. The smallest absolute Gasteiger partial charge is 0.258 e. The van der Waals surface area contributed by atoms with E-state index in [1.807, 2.05) is 25.2 Å². The van der Waals surface area contributed by atoms with Gasteiger partial charge >= 0.3 is 0 Å². The molecule has 0 aliphatic carbocycles. The summed E-state index contributed by atoms with van der Waals surface area (Å²) in [6.45, 7) is 4.83. The number of hydrogen-bond acceptors (Lipinski definition) is 3. The third-order valence-electron chi connectivity index (χ3n) is 4.28. The number of rotatable bonds is 4. The first-order chi connectivity index (χ1) is 11.0. The lowest BCUT2D eigenvalue weighted by Crippen LogP contribution is -2.25. The second-order valence-corrected chi connectivity index (χ2v) is 6.03. The van der Waals surface area contributed by atoms with E-state index in [1.165, 1.54) is 11.1 Å². The third kappa shape index (κ3) is 3.32. The van der Waals surface area contributed by atoms with E-state index < -0.39 is 0 Å². The number of para-hydroxylation sites is 1. The highest BCUT2D eigenvalue weighted by molar-refractivity contribution is 5.77. The van der Waals surface area contributed by atoms with Crippen LogP contribution in [-0.2, 0) is 6.54 Å². The van der Waals surface area contributed by atoms with Crippen LogP contribution in [0, 0.1) is 6.92 Å². The van der Waals surface area contributed by atoms with Crippen molar-refractivity contribution in [3.8, 4) is 0 Å². The Morgan fingerprint density at radius 3 is 2.57 bits per heavy atom. The molecule has 1 aromatic heterocycles. The van der Waals surface area contributed by atoms with Crippen LogP contribution in [0.15, 0.2) is 53.3 Å². The topological polar surface area (TPSA) is 49.0 Å². The second-order valence-electron chi connectivity index (χ2n) is 6.03. The lowest BCUT2D eigenvalue weighted by Gasteiger charge is -2.24. The van der Waals surface area contributed by atoms with Crippen LogP contribution in [0.3, 0.4) is 0 Å². The zero-order valence-corrected chi connectivity index (χ0v) is 13.7. The van der Waals surface area contributed by atoms with E-state index in [0.29, 0.717) is 17.8 Å². The highest BCUT2D eigenvalue weighted by Crippen LogP contribution is 2.20. The predicted octanol–water partition coefficient (Wildman–Crippen LogP) is 3.42. The summed E-state index contributed by atoms with van der Waals surface area (Å²) in [7, 11) is 2.04. The quantitative estimate of drug-likeness (QED) is 0.803. The average Bonchev–Trinajstić information content (AvgIpc) is 2.55. The van der Waals surface area contributed by atoms with E-state index >= 15 is 0 Å². The maximum Gasteiger partial charge on any atom is 0.258 e. The molecule has 0 spiro atoms. The Kier molecular flexibility index (Phi) is 4.26. The summed E-state index contributed by atoms with van der Waals surface area (Å²) in [5, 5.41) is 0.630. The lowest BCUT2D eigenvalue weighted by molar-refractivity contribution is 0.247. The third-order valence-corrected chi connectivity index (χ3v) is 4.28. The fourth-order valence-electron chi connectivity index (χ4n) is 2.68. The Hall–Kier alpha value is -2.46. The first kappa shape index (κ1) is 15.4. The molecule has 0 saturated carbocycles. The van der Waals surface area contributed by atoms with Crippen molar-refractivity contribution in [1.82, 2.24) is 14.9 Å². The molecule has 0 aliphatic heterocycles. The molecular weight excluding hydrogens is 286 g/mol. The average molecular weight is 307 g/mol. The molecule has 0 fully saturated rings. The first-order valence-electron chi connectivity index (χ1n) is 7.79.